The molecule has 0 radical (unpaired) electrons. The third-order valence-electron chi connectivity index (χ3n) is 8.17. The Bertz CT molecular complexity index is 641. The minimum Gasteiger partial charge on any atom is -0.299 e. The van der Waals surface area contributed by atoms with Crippen molar-refractivity contribution in [3.8, 4) is 0 Å². The fourth-order valence-corrected chi connectivity index (χ4v) is 6.47. The van der Waals surface area contributed by atoms with Gasteiger partial charge in [0.1, 0.15) is 5.78 Å². The van der Waals surface area contributed by atoms with Crippen molar-refractivity contribution in [3.63, 3.8) is 0 Å². The Hall–Kier alpha value is -1.18. The van der Waals surface area contributed by atoms with Crippen molar-refractivity contribution in [2.45, 2.75) is 103 Å². The highest BCUT2D eigenvalue weighted by Crippen LogP contribution is 2.40. The first-order valence-electron chi connectivity index (χ1n) is 12.2. The van der Waals surface area contributed by atoms with Gasteiger partial charge in [0, 0.05) is 23.8 Å². The zero-order valence-corrected chi connectivity index (χ0v) is 17.6. The Kier molecular flexibility index (Phi) is 6.86. The first-order valence-corrected chi connectivity index (χ1v) is 12.2. The van der Waals surface area contributed by atoms with Gasteiger partial charge in [0.15, 0.2) is 5.78 Å². The van der Waals surface area contributed by atoms with Crippen molar-refractivity contribution < 1.29 is 9.59 Å². The van der Waals surface area contributed by atoms with E-state index in [9.17, 15) is 9.59 Å². The Morgan fingerprint density at radius 2 is 1.71 bits per heavy atom. The summed E-state index contributed by atoms with van der Waals surface area (Å²) in [5.41, 5.74) is 2.41. The summed E-state index contributed by atoms with van der Waals surface area (Å²) in [6, 6.07) is 0. The lowest BCUT2D eigenvalue weighted by Crippen LogP contribution is -2.25. The van der Waals surface area contributed by atoms with Gasteiger partial charge in [0.2, 0.25) is 0 Å². The normalized spacial score (nSPS) is 33.2. The average Bonchev–Trinajstić information content (AvgIpc) is 3.02. The van der Waals surface area contributed by atoms with Gasteiger partial charge in [-0.15, -0.1) is 0 Å². The molecular formula is C26H38O2. The predicted octanol–water partition coefficient (Wildman–Crippen LogP) is 6.74. The summed E-state index contributed by atoms with van der Waals surface area (Å²) in [7, 11) is 0. The van der Waals surface area contributed by atoms with E-state index in [1.807, 2.05) is 0 Å². The number of carbonyl (C=O) groups excluding carboxylic acids is 2. The Morgan fingerprint density at radius 1 is 0.929 bits per heavy atom. The molecule has 2 saturated carbocycles. The Morgan fingerprint density at radius 3 is 2.54 bits per heavy atom. The van der Waals surface area contributed by atoms with E-state index in [1.54, 1.807) is 0 Å². The first-order chi connectivity index (χ1) is 13.7. The molecule has 2 nitrogen and oxygen atoms in total. The van der Waals surface area contributed by atoms with E-state index < -0.39 is 0 Å². The lowest BCUT2D eigenvalue weighted by atomic mass is 9.71. The number of fused-ring (bicyclic) bond motifs is 1. The quantitative estimate of drug-likeness (QED) is 0.477. The molecule has 4 unspecified atom stereocenters. The largest absolute Gasteiger partial charge is 0.299 e. The number of hydrogen-bond acceptors (Lipinski definition) is 2. The summed E-state index contributed by atoms with van der Waals surface area (Å²) < 4.78 is 0. The van der Waals surface area contributed by atoms with Gasteiger partial charge in [0.25, 0.3) is 0 Å². The number of hydrogen-bond donors (Lipinski definition) is 0. The van der Waals surface area contributed by atoms with Gasteiger partial charge in [-0.3, -0.25) is 9.59 Å². The SMILES string of the molecule is O=C(CCCCC1CC2=C(C=CCC2)C1=O)C1CCCC2CCCCC2CC1. The maximum atomic E-state index is 12.8. The molecule has 0 saturated heterocycles. The maximum absolute atomic E-state index is 12.8. The number of unbranched alkanes of at least 4 members (excludes halogenated alkanes) is 1. The number of allylic oxidation sites excluding steroid dienone is 4. The molecule has 0 aromatic carbocycles. The molecule has 4 rings (SSSR count). The second-order valence-electron chi connectivity index (χ2n) is 9.95. The average molecular weight is 383 g/mol. The van der Waals surface area contributed by atoms with Crippen molar-refractivity contribution in [1.29, 1.82) is 0 Å². The second-order valence-corrected chi connectivity index (χ2v) is 9.95. The Balaban J connectivity index is 1.17. The predicted molar refractivity (Wildman–Crippen MR) is 114 cm³/mol. The number of carbonyl (C=O) groups is 2. The molecular weight excluding hydrogens is 344 g/mol. The van der Waals surface area contributed by atoms with Crippen molar-refractivity contribution in [3.05, 3.63) is 23.3 Å². The maximum Gasteiger partial charge on any atom is 0.166 e. The highest BCUT2D eigenvalue weighted by molar-refractivity contribution is 6.03. The van der Waals surface area contributed by atoms with Crippen LogP contribution in [-0.2, 0) is 9.59 Å². The molecule has 4 aliphatic carbocycles. The fourth-order valence-electron chi connectivity index (χ4n) is 6.47. The molecule has 0 spiro atoms. The second kappa shape index (κ2) is 9.55. The summed E-state index contributed by atoms with van der Waals surface area (Å²) in [6.45, 7) is 0. The molecule has 0 aliphatic heterocycles. The molecule has 0 bridgehead atoms. The molecule has 154 valence electrons. The zero-order chi connectivity index (χ0) is 19.3. The molecule has 0 heterocycles. The molecule has 0 aromatic rings. The van der Waals surface area contributed by atoms with E-state index in [2.05, 4.69) is 12.2 Å². The van der Waals surface area contributed by atoms with Gasteiger partial charge in [-0.1, -0.05) is 62.7 Å². The molecule has 2 heteroatoms. The fraction of sp³-hybridized carbons (Fsp3) is 0.769. The lowest BCUT2D eigenvalue weighted by Gasteiger charge is -2.35. The third kappa shape index (κ3) is 4.69. The summed E-state index contributed by atoms with van der Waals surface area (Å²) in [4.78, 5) is 25.3. The number of rotatable bonds is 6. The molecule has 28 heavy (non-hydrogen) atoms. The van der Waals surface area contributed by atoms with Gasteiger partial charge in [-0.2, -0.15) is 0 Å². The first kappa shape index (κ1) is 20.1. The van der Waals surface area contributed by atoms with Crippen LogP contribution in [0.5, 0.6) is 0 Å². The molecule has 0 N–H and O–H groups in total. The van der Waals surface area contributed by atoms with Crippen LogP contribution < -0.4 is 0 Å². The molecule has 2 fully saturated rings. The van der Waals surface area contributed by atoms with Gasteiger partial charge in [-0.05, 0) is 63.2 Å². The summed E-state index contributed by atoms with van der Waals surface area (Å²) in [5, 5.41) is 0. The monoisotopic (exact) mass is 382 g/mol. The zero-order valence-electron chi connectivity index (χ0n) is 17.6. The van der Waals surface area contributed by atoms with Crippen LogP contribution in [0.15, 0.2) is 23.3 Å². The van der Waals surface area contributed by atoms with E-state index in [0.717, 1.165) is 75.2 Å². The van der Waals surface area contributed by atoms with Crippen molar-refractivity contribution >= 4 is 11.6 Å². The lowest BCUT2D eigenvalue weighted by molar-refractivity contribution is -0.123. The van der Waals surface area contributed by atoms with Crippen LogP contribution in [0.3, 0.4) is 0 Å². The van der Waals surface area contributed by atoms with E-state index in [-0.39, 0.29) is 5.92 Å². The topological polar surface area (TPSA) is 34.1 Å². The third-order valence-corrected chi connectivity index (χ3v) is 8.17. The highest BCUT2D eigenvalue weighted by Gasteiger charge is 2.32. The van der Waals surface area contributed by atoms with Gasteiger partial charge < -0.3 is 0 Å². The van der Waals surface area contributed by atoms with Crippen molar-refractivity contribution in [2.75, 3.05) is 0 Å². The summed E-state index contributed by atoms with van der Waals surface area (Å²) >= 11 is 0. The minimum atomic E-state index is 0.201. The highest BCUT2D eigenvalue weighted by atomic mass is 16.1. The summed E-state index contributed by atoms with van der Waals surface area (Å²) in [6.07, 6.45) is 23.0. The van der Waals surface area contributed by atoms with Crippen LogP contribution in [0.2, 0.25) is 0 Å². The van der Waals surface area contributed by atoms with Gasteiger partial charge in [0.05, 0.1) is 0 Å². The standard InChI is InChI=1S/C26H38O2/c27-25(21-13-7-12-19-8-1-2-9-20(19)16-17-21)15-6-4-11-23-18-22-10-3-5-14-24(22)26(23)28/h5,14,19-21,23H,1-4,6-13,15-18H2. The Labute approximate surface area is 171 Å². The van der Waals surface area contributed by atoms with Crippen LogP contribution in [-0.4, -0.2) is 11.6 Å². The van der Waals surface area contributed by atoms with Gasteiger partial charge >= 0.3 is 0 Å². The van der Waals surface area contributed by atoms with Crippen LogP contribution in [0, 0.1) is 23.7 Å². The number of Topliss-reactive ketones (excluding diaryl/α,β-unsaturated/α-hetero) is 2. The molecule has 0 amide bonds. The van der Waals surface area contributed by atoms with E-state index in [4.69, 9.17) is 0 Å². The summed E-state index contributed by atoms with van der Waals surface area (Å²) in [5.74, 6) is 3.29. The van der Waals surface area contributed by atoms with E-state index >= 15 is 0 Å². The van der Waals surface area contributed by atoms with Crippen molar-refractivity contribution in [1.82, 2.24) is 0 Å². The number of ketones is 2. The van der Waals surface area contributed by atoms with Crippen molar-refractivity contribution in [2.24, 2.45) is 23.7 Å². The minimum absolute atomic E-state index is 0.201. The van der Waals surface area contributed by atoms with Crippen LogP contribution in [0.1, 0.15) is 103 Å². The van der Waals surface area contributed by atoms with Crippen LogP contribution in [0.25, 0.3) is 0 Å². The molecule has 4 atom stereocenters. The van der Waals surface area contributed by atoms with E-state index in [0.29, 0.717) is 17.5 Å². The van der Waals surface area contributed by atoms with E-state index in [1.165, 1.54) is 50.5 Å². The molecule has 0 aromatic heterocycles. The van der Waals surface area contributed by atoms with Crippen LogP contribution >= 0.6 is 0 Å². The van der Waals surface area contributed by atoms with Gasteiger partial charge in [-0.25, -0.2) is 0 Å². The van der Waals surface area contributed by atoms with Crippen LogP contribution in [0.4, 0.5) is 0 Å². The molecule has 4 aliphatic rings. The smallest absolute Gasteiger partial charge is 0.166 e.